The Labute approximate surface area is 348 Å². The lowest BCUT2D eigenvalue weighted by Gasteiger charge is -2.25. The largest absolute Gasteiger partial charge is 0.319 e. The van der Waals surface area contributed by atoms with Crippen LogP contribution in [0.5, 0.6) is 0 Å². The molecule has 8 aromatic carbocycles. The highest BCUT2D eigenvalue weighted by Crippen LogP contribution is 2.42. The van der Waals surface area contributed by atoms with Crippen molar-refractivity contribution in [2.45, 2.75) is 0 Å². The number of para-hydroxylation sites is 3. The molecular weight excluding hydrogens is 733 g/mol. The van der Waals surface area contributed by atoms with Gasteiger partial charge in [0.1, 0.15) is 0 Å². The van der Waals surface area contributed by atoms with Crippen LogP contribution in [0.25, 0.3) is 77.4 Å². The van der Waals surface area contributed by atoms with Gasteiger partial charge in [-0.1, -0.05) is 140 Å². The maximum absolute atomic E-state index is 10.7. The van der Waals surface area contributed by atoms with E-state index in [1.165, 1.54) is 0 Å². The molecule has 0 aliphatic heterocycles. The number of anilines is 3. The second-order valence-electron chi connectivity index (χ2n) is 14.4. The maximum Gasteiger partial charge on any atom is 0.211 e. The van der Waals surface area contributed by atoms with E-state index in [-0.39, 0.29) is 0 Å². The van der Waals surface area contributed by atoms with Crippen molar-refractivity contribution in [3.8, 4) is 56.8 Å². The Hall–Kier alpha value is -8.58. The Balaban J connectivity index is 1.07. The van der Waals surface area contributed by atoms with Crippen LogP contribution in [0.3, 0.4) is 0 Å². The maximum atomic E-state index is 10.7. The van der Waals surface area contributed by atoms with Gasteiger partial charge in [-0.3, -0.25) is 0 Å². The highest BCUT2D eigenvalue weighted by atomic mass is 15.1. The van der Waals surface area contributed by atoms with Gasteiger partial charge >= 0.3 is 0 Å². The molecule has 0 saturated heterocycles. The Bertz CT molecular complexity index is 3160. The van der Waals surface area contributed by atoms with Crippen molar-refractivity contribution in [3.63, 3.8) is 0 Å². The predicted molar refractivity (Wildman–Crippen MR) is 244 cm³/mol. The molecular formula is C54H34N6. The molecule has 6 nitrogen and oxygen atoms in total. The second kappa shape index (κ2) is 15.4. The van der Waals surface area contributed by atoms with Gasteiger partial charge in [-0.15, -0.1) is 0 Å². The quantitative estimate of drug-likeness (QED) is 0.145. The lowest BCUT2D eigenvalue weighted by molar-refractivity contribution is 1.18. The average molecular weight is 767 g/mol. The van der Waals surface area contributed by atoms with E-state index in [0.717, 1.165) is 72.5 Å². The van der Waals surface area contributed by atoms with Gasteiger partial charge in [0, 0.05) is 44.5 Å². The topological polar surface area (TPSA) is 62.1 Å². The van der Waals surface area contributed by atoms with Gasteiger partial charge in [-0.2, -0.15) is 5.26 Å². The first-order chi connectivity index (χ1) is 29.7. The van der Waals surface area contributed by atoms with E-state index in [9.17, 15) is 5.26 Å². The van der Waals surface area contributed by atoms with Crippen LogP contribution in [-0.4, -0.2) is 14.5 Å². The fourth-order valence-corrected chi connectivity index (χ4v) is 8.03. The minimum absolute atomic E-state index is 0.450. The first-order valence-electron chi connectivity index (χ1n) is 19.7. The van der Waals surface area contributed by atoms with Gasteiger partial charge in [-0.25, -0.2) is 14.8 Å². The molecule has 0 aliphatic carbocycles. The summed E-state index contributed by atoms with van der Waals surface area (Å²) in [6.07, 6.45) is 0. The van der Waals surface area contributed by atoms with Crippen molar-refractivity contribution in [1.29, 1.82) is 5.26 Å². The Morgan fingerprint density at radius 2 is 1.02 bits per heavy atom. The molecule has 0 amide bonds. The lowest BCUT2D eigenvalue weighted by atomic mass is 9.96. The molecule has 10 rings (SSSR count). The van der Waals surface area contributed by atoms with Crippen LogP contribution in [0.1, 0.15) is 5.56 Å². The number of aromatic nitrogens is 3. The van der Waals surface area contributed by atoms with Gasteiger partial charge < -0.3 is 9.47 Å². The fourth-order valence-electron chi connectivity index (χ4n) is 8.03. The van der Waals surface area contributed by atoms with Crippen LogP contribution in [-0.2, 0) is 0 Å². The Morgan fingerprint density at radius 3 is 1.63 bits per heavy atom. The van der Waals surface area contributed by atoms with Gasteiger partial charge in [-0.05, 0) is 77.9 Å². The molecule has 10 aromatic rings. The Kier molecular flexibility index (Phi) is 9.19. The number of hydrogen-bond donors (Lipinski definition) is 0. The van der Waals surface area contributed by atoms with Crippen LogP contribution in [0.4, 0.5) is 22.7 Å². The highest BCUT2D eigenvalue weighted by molar-refractivity contribution is 6.11. The smallest absolute Gasteiger partial charge is 0.211 e. The SMILES string of the molecule is [C-]#[N+]c1cc(-c2ccc(-c3cc(-c4ccccc4)nc(-c4ccccc4)n3)cc2)c(C#N)cc1-n1c2ccccc2c2cc(N(c3ccccc3)c3ccccc3)ccc21. The molecule has 0 radical (unpaired) electrons. The molecule has 0 N–H and O–H groups in total. The molecule has 0 fully saturated rings. The number of benzene rings is 8. The van der Waals surface area contributed by atoms with Crippen LogP contribution in [0, 0.1) is 17.9 Å². The number of nitrogens with zero attached hydrogens (tertiary/aromatic N) is 6. The normalized spacial score (nSPS) is 11.0. The standard InChI is InChI=1S/C54H34N6/c1-56-50-34-46(37-26-28-39(29-27-37)49-35-48(38-16-6-2-7-17-38)57-54(58-49)40-18-8-3-9-19-40)41(36-55)32-53(50)60-51-25-15-14-24-45(51)47-33-44(30-31-52(47)60)59(42-20-10-4-11-21-42)43-22-12-5-13-23-43/h2-35H. The zero-order valence-electron chi connectivity index (χ0n) is 32.3. The fraction of sp³-hybridized carbons (Fsp3) is 0. The van der Waals surface area contributed by atoms with E-state index < -0.39 is 0 Å². The molecule has 2 heterocycles. The third kappa shape index (κ3) is 6.51. The number of hydrogen-bond acceptors (Lipinski definition) is 4. The van der Waals surface area contributed by atoms with E-state index >= 15 is 0 Å². The van der Waals surface area contributed by atoms with Gasteiger partial charge in [0.15, 0.2) is 5.82 Å². The molecule has 0 saturated carbocycles. The van der Waals surface area contributed by atoms with Crippen molar-refractivity contribution >= 4 is 44.6 Å². The van der Waals surface area contributed by atoms with Gasteiger partial charge in [0.2, 0.25) is 5.69 Å². The van der Waals surface area contributed by atoms with Crippen molar-refractivity contribution in [2.75, 3.05) is 4.90 Å². The molecule has 60 heavy (non-hydrogen) atoms. The summed E-state index contributed by atoms with van der Waals surface area (Å²) < 4.78 is 2.12. The first-order valence-corrected chi connectivity index (χ1v) is 19.7. The minimum atomic E-state index is 0.450. The number of fused-ring (bicyclic) bond motifs is 3. The molecule has 280 valence electrons. The monoisotopic (exact) mass is 766 g/mol. The number of nitriles is 1. The van der Waals surface area contributed by atoms with E-state index in [4.69, 9.17) is 16.5 Å². The van der Waals surface area contributed by atoms with Crippen molar-refractivity contribution < 1.29 is 0 Å². The summed E-state index contributed by atoms with van der Waals surface area (Å²) in [5, 5.41) is 12.8. The Morgan fingerprint density at radius 1 is 0.483 bits per heavy atom. The van der Waals surface area contributed by atoms with E-state index in [2.05, 4.69) is 75.0 Å². The van der Waals surface area contributed by atoms with Gasteiger partial charge in [0.25, 0.3) is 0 Å². The highest BCUT2D eigenvalue weighted by Gasteiger charge is 2.21. The van der Waals surface area contributed by atoms with Crippen molar-refractivity contribution in [1.82, 2.24) is 14.5 Å². The molecule has 2 aromatic heterocycles. The zero-order chi connectivity index (χ0) is 40.4. The molecule has 0 unspecified atom stereocenters. The summed E-state index contributed by atoms with van der Waals surface area (Å²) in [5.41, 5.74) is 12.6. The predicted octanol–water partition coefficient (Wildman–Crippen LogP) is 14.1. The molecule has 0 spiro atoms. The van der Waals surface area contributed by atoms with Crippen LogP contribution in [0.15, 0.2) is 206 Å². The zero-order valence-corrected chi connectivity index (χ0v) is 32.3. The van der Waals surface area contributed by atoms with E-state index in [1.807, 2.05) is 152 Å². The summed E-state index contributed by atoms with van der Waals surface area (Å²) >= 11 is 0. The summed E-state index contributed by atoms with van der Waals surface area (Å²) in [5.74, 6) is 0.645. The third-order valence-corrected chi connectivity index (χ3v) is 10.9. The lowest BCUT2D eigenvalue weighted by Crippen LogP contribution is -2.09. The van der Waals surface area contributed by atoms with Crippen molar-refractivity contribution in [2.24, 2.45) is 0 Å². The molecule has 0 aliphatic rings. The summed E-state index contributed by atoms with van der Waals surface area (Å²) in [6, 6.07) is 71.7. The summed E-state index contributed by atoms with van der Waals surface area (Å²) in [4.78, 5) is 16.2. The molecule has 0 bridgehead atoms. The van der Waals surface area contributed by atoms with E-state index in [0.29, 0.717) is 28.3 Å². The summed E-state index contributed by atoms with van der Waals surface area (Å²) in [7, 11) is 0. The molecule has 0 atom stereocenters. The molecule has 6 heteroatoms. The number of rotatable bonds is 8. The average Bonchev–Trinajstić information content (AvgIpc) is 3.66. The van der Waals surface area contributed by atoms with Crippen LogP contribution in [0.2, 0.25) is 0 Å². The van der Waals surface area contributed by atoms with Crippen LogP contribution < -0.4 is 4.90 Å². The summed E-state index contributed by atoms with van der Waals surface area (Å²) in [6.45, 7) is 8.41. The van der Waals surface area contributed by atoms with Crippen LogP contribution >= 0.6 is 0 Å². The van der Waals surface area contributed by atoms with E-state index in [1.54, 1.807) is 0 Å². The van der Waals surface area contributed by atoms with Crippen molar-refractivity contribution in [3.05, 3.63) is 223 Å². The van der Waals surface area contributed by atoms with Gasteiger partial charge in [0.05, 0.1) is 46.3 Å². The third-order valence-electron chi connectivity index (χ3n) is 10.9. The second-order valence-corrected chi connectivity index (χ2v) is 14.4. The first kappa shape index (κ1) is 35.8. The minimum Gasteiger partial charge on any atom is -0.319 e.